The molecule has 1 spiro atoms. The van der Waals surface area contributed by atoms with Gasteiger partial charge in [-0.25, -0.2) is 9.59 Å². The average Bonchev–Trinajstić information content (AvgIpc) is 3.97. The third-order valence-corrected chi connectivity index (χ3v) is 20.4. The average molecular weight is 999 g/mol. The molecule has 0 radical (unpaired) electrons. The molecule has 3 fully saturated rings. The van der Waals surface area contributed by atoms with Crippen LogP contribution < -0.4 is 26.7 Å². The normalized spacial score (nSPS) is 33.6. The van der Waals surface area contributed by atoms with Crippen LogP contribution in [0, 0.1) is 29.6 Å². The summed E-state index contributed by atoms with van der Waals surface area (Å²) in [7, 11) is 5.24. The number of esters is 1. The molecule has 8 N–H and O–H groups in total. The molecule has 10 rings (SSSR count). The fourth-order valence-electron chi connectivity index (χ4n) is 14.2. The second kappa shape index (κ2) is 19.2. The van der Waals surface area contributed by atoms with Crippen LogP contribution in [0.2, 0.25) is 0 Å². The zero-order valence-electron chi connectivity index (χ0n) is 40.1. The lowest BCUT2D eigenvalue weighted by Crippen LogP contribution is -2.75. The van der Waals surface area contributed by atoms with Crippen LogP contribution in [0.4, 0.5) is 0 Å². The van der Waals surface area contributed by atoms with Crippen LogP contribution in [-0.2, 0) is 31.0 Å². The number of ketones is 1. The van der Waals surface area contributed by atoms with Gasteiger partial charge in [0.15, 0.2) is 17.0 Å². The number of nitrogens with one attached hydrogen (secondary N) is 2. The fraction of sp³-hybridized carbons (Fsp3) is 0.585. The molecule has 8 aliphatic rings. The first-order valence-electron chi connectivity index (χ1n) is 25.0. The Balaban J connectivity index is 1.14. The Bertz CT molecular complexity index is 2670. The maximum Gasteiger partial charge on any atom is 0.340 e. The zero-order valence-corrected chi connectivity index (χ0v) is 41.7. The van der Waals surface area contributed by atoms with E-state index in [-0.39, 0.29) is 104 Å². The number of aliphatic hydroxyl groups excluding tert-OH is 4. The van der Waals surface area contributed by atoms with Crippen molar-refractivity contribution in [3.05, 3.63) is 98.2 Å². The molecule has 2 bridgehead atoms. The van der Waals surface area contributed by atoms with Gasteiger partial charge in [0, 0.05) is 102 Å². The third-order valence-electron chi connectivity index (χ3n) is 17.6. The van der Waals surface area contributed by atoms with Crippen molar-refractivity contribution in [2.45, 2.75) is 118 Å². The zero-order chi connectivity index (χ0) is 49.3. The van der Waals surface area contributed by atoms with E-state index in [9.17, 15) is 34.8 Å². The van der Waals surface area contributed by atoms with Crippen LogP contribution in [0.3, 0.4) is 0 Å². The van der Waals surface area contributed by atoms with Gasteiger partial charge in [-0.3, -0.25) is 9.59 Å². The quantitative estimate of drug-likeness (QED) is 0.0518. The van der Waals surface area contributed by atoms with Crippen molar-refractivity contribution in [3.8, 4) is 5.75 Å². The minimum Gasteiger partial charge on any atom is -0.481 e. The number of hydrogen-bond acceptors (Lipinski definition) is 16. The number of hydrogen-bond donors (Lipinski definition) is 7. The highest BCUT2D eigenvalue weighted by atomic mass is 33.1. The van der Waals surface area contributed by atoms with Gasteiger partial charge in [-0.15, -0.1) is 0 Å². The lowest BCUT2D eigenvalue weighted by molar-refractivity contribution is -0.202. The van der Waals surface area contributed by atoms with Crippen molar-refractivity contribution < 1.29 is 48.7 Å². The number of carbonyl (C=O) groups is 3. The lowest BCUT2D eigenvalue weighted by atomic mass is 9.57. The van der Waals surface area contributed by atoms with Gasteiger partial charge in [-0.1, -0.05) is 58.2 Å². The van der Waals surface area contributed by atoms with Crippen molar-refractivity contribution >= 4 is 50.2 Å². The van der Waals surface area contributed by atoms with Crippen molar-refractivity contribution in [1.29, 1.82) is 0 Å². The standard InChI is InChI=1S/C53H66N4O11S2/c1-4-28(11-15-59)49(64)68-51(2)34(26-61)17-32-27-69-70-42-20-36-39(62)10-9-38-45(47(36)55-3)48(42)57(38)44(63)19-31-24-56-43(54)21-35(31)46(32)53(51)23-30-16-29-18-37(50(65)66-40(29)22-41(30)67-53)52(12-5-6-13-52)33(25-60)8-7-14-58/h4,9-10,16-18,21-22,33-34,36,38,42,45-48,55-56,58-61H,5-8,11-15,19-20,23-27,54H2,1-3H3. The summed E-state index contributed by atoms with van der Waals surface area (Å²) in [6.07, 6.45) is 14.2. The van der Waals surface area contributed by atoms with E-state index >= 15 is 4.79 Å². The molecule has 11 unspecified atom stereocenters. The van der Waals surface area contributed by atoms with Crippen LogP contribution in [0.15, 0.2) is 85.9 Å². The molecular formula is C53H66N4O11S2. The summed E-state index contributed by atoms with van der Waals surface area (Å²) in [6.45, 7) is 2.92. The summed E-state index contributed by atoms with van der Waals surface area (Å²) in [5, 5.41) is 49.4. The van der Waals surface area contributed by atoms with Crippen LogP contribution in [0.25, 0.3) is 11.0 Å². The monoisotopic (exact) mass is 998 g/mol. The first-order chi connectivity index (χ1) is 33.8. The Morgan fingerprint density at radius 1 is 1.13 bits per heavy atom. The molecule has 70 heavy (non-hydrogen) atoms. The topological polar surface area (TPSA) is 234 Å². The van der Waals surface area contributed by atoms with Crippen molar-refractivity contribution in [3.63, 3.8) is 0 Å². The van der Waals surface area contributed by atoms with Crippen molar-refractivity contribution in [1.82, 2.24) is 15.5 Å². The van der Waals surface area contributed by atoms with E-state index < -0.39 is 46.7 Å². The largest absolute Gasteiger partial charge is 0.481 e. The van der Waals surface area contributed by atoms with Crippen molar-refractivity contribution in [2.24, 2.45) is 35.3 Å². The summed E-state index contributed by atoms with van der Waals surface area (Å²) in [5.41, 5.74) is 6.74. The van der Waals surface area contributed by atoms with E-state index in [4.69, 9.17) is 19.6 Å². The number of aliphatic hydroxyl groups is 4. The van der Waals surface area contributed by atoms with Gasteiger partial charge < -0.3 is 55.6 Å². The number of allylic oxidation sites excluding steroid dienone is 3. The van der Waals surface area contributed by atoms with Crippen LogP contribution >= 0.6 is 21.6 Å². The number of fused-ring (bicyclic) bond motifs is 7. The third kappa shape index (κ3) is 7.74. The molecule has 376 valence electrons. The fourth-order valence-corrected chi connectivity index (χ4v) is 17.2. The summed E-state index contributed by atoms with van der Waals surface area (Å²) >= 11 is 0. The molecule has 17 heteroatoms. The highest BCUT2D eigenvalue weighted by molar-refractivity contribution is 8.77. The predicted octanol–water partition coefficient (Wildman–Crippen LogP) is 4.25. The number of amides is 1. The van der Waals surface area contributed by atoms with Gasteiger partial charge in [0.1, 0.15) is 11.3 Å². The lowest BCUT2D eigenvalue weighted by Gasteiger charge is -2.62. The van der Waals surface area contributed by atoms with E-state index in [0.717, 1.165) is 35.1 Å². The molecular weight excluding hydrogens is 933 g/mol. The molecule has 1 aromatic carbocycles. The minimum atomic E-state index is -1.60. The molecule has 4 aliphatic carbocycles. The second-order valence-corrected chi connectivity index (χ2v) is 23.4. The number of benzene rings is 1. The Hall–Kier alpha value is -4.36. The molecule has 15 nitrogen and oxygen atoms in total. The first-order valence-corrected chi connectivity index (χ1v) is 27.4. The molecule has 5 heterocycles. The van der Waals surface area contributed by atoms with Crippen LogP contribution in [0.5, 0.6) is 5.75 Å². The van der Waals surface area contributed by atoms with E-state index in [1.165, 1.54) is 0 Å². The van der Waals surface area contributed by atoms with Gasteiger partial charge in [0.25, 0.3) is 0 Å². The Morgan fingerprint density at radius 2 is 1.93 bits per heavy atom. The van der Waals surface area contributed by atoms with Gasteiger partial charge in [-0.2, -0.15) is 0 Å². The van der Waals surface area contributed by atoms with E-state index in [1.54, 1.807) is 53.7 Å². The maximum atomic E-state index is 15.1. The molecule has 2 saturated carbocycles. The minimum absolute atomic E-state index is 0.0174. The van der Waals surface area contributed by atoms with Gasteiger partial charge in [0.2, 0.25) is 5.91 Å². The second-order valence-electron chi connectivity index (χ2n) is 20.8. The molecule has 1 aromatic heterocycles. The van der Waals surface area contributed by atoms with Gasteiger partial charge >= 0.3 is 11.6 Å². The number of nitrogens with zero attached hydrogens (tertiary/aromatic N) is 1. The van der Waals surface area contributed by atoms with E-state index in [2.05, 4.69) is 10.6 Å². The van der Waals surface area contributed by atoms with Gasteiger partial charge in [-0.05, 0) is 99.9 Å². The van der Waals surface area contributed by atoms with Crippen LogP contribution in [-0.4, -0.2) is 123 Å². The molecule has 1 amide bonds. The number of rotatable bonds is 12. The highest BCUT2D eigenvalue weighted by Crippen LogP contribution is 2.60. The number of dihydropyridines is 1. The van der Waals surface area contributed by atoms with E-state index in [1.807, 2.05) is 42.3 Å². The summed E-state index contributed by atoms with van der Waals surface area (Å²) in [6, 6.07) is 5.20. The molecule has 4 aliphatic heterocycles. The first kappa shape index (κ1) is 49.2. The molecule has 11 atom stereocenters. The Labute approximate surface area is 415 Å². The van der Waals surface area contributed by atoms with Crippen LogP contribution in [0.1, 0.15) is 82.8 Å². The SMILES string of the molecule is CC=C(CCO)C(=O)OC1(C)C(CO)C=C2CSSC3CC4C(=O)C=CC5C(C4NC)C3N5C(=O)CC3=C(C=C(N)NC3)C2C12Cc1cc3cc(C4(C(CO)CCCO)CCCC4)c(=O)oc3cc1O2. The highest BCUT2D eigenvalue weighted by Gasteiger charge is 2.68. The number of carbonyl (C=O) groups excluding carboxylic acids is 3. The van der Waals surface area contributed by atoms with E-state index in [0.29, 0.717) is 66.0 Å². The number of ether oxygens (including phenoxy) is 2. The summed E-state index contributed by atoms with van der Waals surface area (Å²) in [5.74, 6) is -1.29. The van der Waals surface area contributed by atoms with Gasteiger partial charge in [0.05, 0.1) is 36.9 Å². The maximum absolute atomic E-state index is 15.1. The molecule has 2 aromatic rings. The van der Waals surface area contributed by atoms with Crippen molar-refractivity contribution in [2.75, 3.05) is 45.8 Å². The smallest absolute Gasteiger partial charge is 0.340 e. The summed E-state index contributed by atoms with van der Waals surface area (Å²) < 4.78 is 20.5. The Kier molecular flexibility index (Phi) is 13.5. The molecule has 1 saturated heterocycles. The Morgan fingerprint density at radius 3 is 2.64 bits per heavy atom. The summed E-state index contributed by atoms with van der Waals surface area (Å²) in [4.78, 5) is 59.4. The predicted molar refractivity (Wildman–Crippen MR) is 267 cm³/mol. The number of nitrogens with two attached hydrogens (primary N) is 1.